The van der Waals surface area contributed by atoms with Crippen LogP contribution in [0.5, 0.6) is 11.6 Å². The fourth-order valence-electron chi connectivity index (χ4n) is 5.90. The van der Waals surface area contributed by atoms with Crippen molar-refractivity contribution in [3.8, 4) is 17.3 Å². The van der Waals surface area contributed by atoms with E-state index >= 15 is 0 Å². The fourth-order valence-corrected chi connectivity index (χ4v) is 6.26. The Hall–Kier alpha value is -5.60. The summed E-state index contributed by atoms with van der Waals surface area (Å²) in [6, 6.07) is 15.3. The molecule has 0 spiro atoms. The largest absolute Gasteiger partial charge is 0.497 e. The number of carbonyl (C=O) groups is 2. The van der Waals surface area contributed by atoms with Gasteiger partial charge in [-0.2, -0.15) is 10.1 Å². The second-order valence-electron chi connectivity index (χ2n) is 14.0. The number of pyridine rings is 1. The number of benzene rings is 2. The molecular formula is C40H45Cl2N7O7. The number of esters is 1. The van der Waals surface area contributed by atoms with Gasteiger partial charge in [0.2, 0.25) is 11.8 Å². The van der Waals surface area contributed by atoms with E-state index in [1.54, 1.807) is 57.8 Å². The molecule has 0 aliphatic carbocycles. The van der Waals surface area contributed by atoms with E-state index in [0.29, 0.717) is 39.0 Å². The molecule has 3 aromatic heterocycles. The topological polar surface area (TPSA) is 152 Å². The Labute approximate surface area is 335 Å². The summed E-state index contributed by atoms with van der Waals surface area (Å²) in [5, 5.41) is 8.86. The molecule has 1 atom stereocenters. The number of rotatable bonds is 13. The Balaban J connectivity index is 1.70. The molecule has 1 unspecified atom stereocenters. The zero-order chi connectivity index (χ0) is 40.9. The minimum Gasteiger partial charge on any atom is -0.497 e. The average Bonchev–Trinajstić information content (AvgIpc) is 3.56. The third kappa shape index (κ3) is 9.43. The first-order valence-electron chi connectivity index (χ1n) is 17.8. The maximum Gasteiger partial charge on any atom is 0.416 e. The van der Waals surface area contributed by atoms with Crippen molar-refractivity contribution < 1.29 is 28.5 Å². The van der Waals surface area contributed by atoms with Crippen LogP contribution in [0.1, 0.15) is 86.4 Å². The molecule has 3 heterocycles. The third-order valence-electron chi connectivity index (χ3n) is 8.44. The molecule has 1 amide bonds. The van der Waals surface area contributed by atoms with Crippen LogP contribution in [0.2, 0.25) is 10.0 Å². The number of ether oxygens (including phenoxy) is 4. The first-order chi connectivity index (χ1) is 26.5. The zero-order valence-corrected chi connectivity index (χ0v) is 34.2. The zero-order valence-electron chi connectivity index (χ0n) is 32.7. The Morgan fingerprint density at radius 2 is 1.68 bits per heavy atom. The number of methoxy groups -OCH3 is 2. The molecule has 5 rings (SSSR count). The predicted molar refractivity (Wildman–Crippen MR) is 215 cm³/mol. The highest BCUT2D eigenvalue weighted by Gasteiger charge is 2.34. The number of nitrogens with one attached hydrogen (secondary N) is 1. The van der Waals surface area contributed by atoms with Crippen LogP contribution in [-0.2, 0) is 16.0 Å². The molecule has 0 fully saturated rings. The van der Waals surface area contributed by atoms with Gasteiger partial charge >= 0.3 is 12.1 Å². The van der Waals surface area contributed by atoms with Gasteiger partial charge in [0.05, 0.1) is 51.0 Å². The molecule has 296 valence electrons. The quantitative estimate of drug-likeness (QED) is 0.115. The van der Waals surface area contributed by atoms with Crippen LogP contribution >= 0.6 is 23.2 Å². The lowest BCUT2D eigenvalue weighted by atomic mass is 9.92. The molecular weight excluding hydrogens is 761 g/mol. The van der Waals surface area contributed by atoms with E-state index in [1.165, 1.54) is 35.9 Å². The van der Waals surface area contributed by atoms with Crippen molar-refractivity contribution >= 4 is 46.9 Å². The number of anilines is 2. The minimum atomic E-state index is -0.773. The van der Waals surface area contributed by atoms with Gasteiger partial charge < -0.3 is 28.8 Å². The summed E-state index contributed by atoms with van der Waals surface area (Å²) in [6.45, 7) is 11.2. The standard InChI is InChI=1S/C40H45Cl2N7O7/c1-10-55-37(51)33-31(34(23(2)3)49(46-33)30-20-43-38(45-35(30)54-9)47(7)39(52)56-40(4,5)6)32(25-13-15-26(41)16-14-25)44-27-19-29(42)36(50)48(22-27)21-24-11-17-28(53-8)18-12-24/h11-20,22-23,32,44H,10,21H2,1-9H3. The molecule has 0 saturated heterocycles. The van der Waals surface area contributed by atoms with E-state index in [4.69, 9.17) is 47.2 Å². The molecule has 0 bridgehead atoms. The average molecular weight is 807 g/mol. The summed E-state index contributed by atoms with van der Waals surface area (Å²) in [4.78, 5) is 50.2. The lowest BCUT2D eigenvalue weighted by Crippen LogP contribution is -2.35. The number of aromatic nitrogens is 5. The van der Waals surface area contributed by atoms with E-state index in [0.717, 1.165) is 5.56 Å². The van der Waals surface area contributed by atoms with Gasteiger partial charge in [-0.05, 0) is 75.1 Å². The van der Waals surface area contributed by atoms with Gasteiger partial charge in [0.25, 0.3) is 5.56 Å². The lowest BCUT2D eigenvalue weighted by Gasteiger charge is -2.25. The summed E-state index contributed by atoms with van der Waals surface area (Å²) >= 11 is 12.9. The lowest BCUT2D eigenvalue weighted by molar-refractivity contribution is 0.0516. The van der Waals surface area contributed by atoms with E-state index in [1.807, 2.05) is 50.2 Å². The van der Waals surface area contributed by atoms with Gasteiger partial charge in [0.15, 0.2) is 5.69 Å². The van der Waals surface area contributed by atoms with E-state index in [9.17, 15) is 14.4 Å². The van der Waals surface area contributed by atoms with Crippen molar-refractivity contribution in [2.45, 2.75) is 65.6 Å². The molecule has 0 aliphatic rings. The molecule has 5 aromatic rings. The van der Waals surface area contributed by atoms with Crippen molar-refractivity contribution in [2.75, 3.05) is 38.1 Å². The molecule has 16 heteroatoms. The number of hydrogen-bond acceptors (Lipinski definition) is 11. The maximum atomic E-state index is 13.9. The van der Waals surface area contributed by atoms with Crippen molar-refractivity contribution in [1.29, 1.82) is 0 Å². The van der Waals surface area contributed by atoms with Crippen molar-refractivity contribution in [3.63, 3.8) is 0 Å². The summed E-state index contributed by atoms with van der Waals surface area (Å²) in [5.74, 6) is -0.157. The van der Waals surface area contributed by atoms with Gasteiger partial charge in [-0.3, -0.25) is 4.79 Å². The first-order valence-corrected chi connectivity index (χ1v) is 18.5. The smallest absolute Gasteiger partial charge is 0.416 e. The van der Waals surface area contributed by atoms with Crippen LogP contribution in [0.25, 0.3) is 5.69 Å². The number of nitrogens with zero attached hydrogens (tertiary/aromatic N) is 6. The Morgan fingerprint density at radius 1 is 1.00 bits per heavy atom. The highest BCUT2D eigenvalue weighted by atomic mass is 35.5. The molecule has 0 aliphatic heterocycles. The molecule has 0 saturated carbocycles. The predicted octanol–water partition coefficient (Wildman–Crippen LogP) is 8.07. The van der Waals surface area contributed by atoms with Crippen LogP contribution in [-0.4, -0.2) is 69.9 Å². The van der Waals surface area contributed by atoms with Crippen LogP contribution in [0.3, 0.4) is 0 Å². The summed E-state index contributed by atoms with van der Waals surface area (Å²) in [5.41, 5.74) is 2.28. The van der Waals surface area contributed by atoms with Crippen LogP contribution in [0, 0.1) is 0 Å². The molecule has 1 N–H and O–H groups in total. The second-order valence-corrected chi connectivity index (χ2v) is 14.9. The Kier molecular flexibility index (Phi) is 13.0. The number of carbonyl (C=O) groups excluding carboxylic acids is 2. The van der Waals surface area contributed by atoms with Crippen LogP contribution in [0.4, 0.5) is 16.4 Å². The SMILES string of the molecule is CCOC(=O)c1nn(-c2cnc(N(C)C(=O)OC(C)(C)C)nc2OC)c(C(C)C)c1C(Nc1cc(Cl)c(=O)n(Cc2ccc(OC)cc2)c1)c1ccc(Cl)cc1. The molecule has 56 heavy (non-hydrogen) atoms. The normalized spacial score (nSPS) is 11.9. The van der Waals surface area contributed by atoms with E-state index < -0.39 is 23.7 Å². The van der Waals surface area contributed by atoms with Gasteiger partial charge in [0, 0.05) is 23.8 Å². The first kappa shape index (κ1) is 41.6. The van der Waals surface area contributed by atoms with E-state index in [-0.39, 0.29) is 47.2 Å². The van der Waals surface area contributed by atoms with Crippen molar-refractivity contribution in [1.82, 2.24) is 24.3 Å². The number of halogens is 2. The van der Waals surface area contributed by atoms with Crippen LogP contribution < -0.4 is 25.2 Å². The van der Waals surface area contributed by atoms with Gasteiger partial charge in [0.1, 0.15) is 22.1 Å². The highest BCUT2D eigenvalue weighted by Crippen LogP contribution is 2.38. The molecule has 2 aromatic carbocycles. The Morgan fingerprint density at radius 3 is 2.27 bits per heavy atom. The molecule has 14 nitrogen and oxygen atoms in total. The van der Waals surface area contributed by atoms with E-state index in [2.05, 4.69) is 15.3 Å². The third-order valence-corrected chi connectivity index (χ3v) is 8.97. The Bertz CT molecular complexity index is 2250. The molecule has 0 radical (unpaired) electrons. The van der Waals surface area contributed by atoms with Gasteiger partial charge in [-0.15, -0.1) is 0 Å². The maximum absolute atomic E-state index is 13.9. The minimum absolute atomic E-state index is 0.0117. The number of amides is 1. The van der Waals surface area contributed by atoms with Gasteiger partial charge in [-0.1, -0.05) is 61.3 Å². The summed E-state index contributed by atoms with van der Waals surface area (Å²) < 4.78 is 25.1. The van der Waals surface area contributed by atoms with Crippen molar-refractivity contribution in [2.24, 2.45) is 0 Å². The highest BCUT2D eigenvalue weighted by molar-refractivity contribution is 6.30. The number of hydrogen-bond donors (Lipinski definition) is 1. The monoisotopic (exact) mass is 805 g/mol. The van der Waals surface area contributed by atoms with Gasteiger partial charge in [-0.25, -0.2) is 24.2 Å². The van der Waals surface area contributed by atoms with Crippen LogP contribution in [0.15, 0.2) is 71.8 Å². The summed E-state index contributed by atoms with van der Waals surface area (Å²) in [6.07, 6.45) is 2.47. The fraction of sp³-hybridized carbons (Fsp3) is 0.350. The van der Waals surface area contributed by atoms with Crippen molar-refractivity contribution in [3.05, 3.63) is 115 Å². The summed E-state index contributed by atoms with van der Waals surface area (Å²) in [7, 11) is 4.50. The second kappa shape index (κ2) is 17.5.